The van der Waals surface area contributed by atoms with Gasteiger partial charge in [0.25, 0.3) is 5.91 Å². The first-order valence-corrected chi connectivity index (χ1v) is 12.2. The zero-order valence-corrected chi connectivity index (χ0v) is 22.7. The van der Waals surface area contributed by atoms with Gasteiger partial charge in [0.05, 0.1) is 26.0 Å². The smallest absolute Gasteiger partial charge is 0.254 e. The normalized spacial score (nSPS) is 19.4. The SMILES string of the molecule is COc1cc2c(cc1OC)[C@H]1CN(C)CC[C@H]1N=C2c1ccc(C(=O)N(C(C)C)C(C)C)cc1.Cl. The van der Waals surface area contributed by atoms with E-state index < -0.39 is 0 Å². The van der Waals surface area contributed by atoms with Gasteiger partial charge in [0.15, 0.2) is 11.5 Å². The van der Waals surface area contributed by atoms with Crippen LogP contribution in [0, 0.1) is 0 Å². The second-order valence-electron chi connectivity index (χ2n) is 9.97. The fourth-order valence-electron chi connectivity index (χ4n) is 5.42. The van der Waals surface area contributed by atoms with Gasteiger partial charge in [0.2, 0.25) is 0 Å². The van der Waals surface area contributed by atoms with Crippen molar-refractivity contribution in [3.8, 4) is 11.5 Å². The topological polar surface area (TPSA) is 54.4 Å². The Hall–Kier alpha value is -2.57. The highest BCUT2D eigenvalue weighted by Gasteiger charge is 2.36. The Balaban J connectivity index is 0.00000342. The zero-order chi connectivity index (χ0) is 24.6. The molecular weight excluding hydrogens is 462 g/mol. The summed E-state index contributed by atoms with van der Waals surface area (Å²) in [6, 6.07) is 12.6. The minimum absolute atomic E-state index is 0. The molecule has 1 fully saturated rings. The molecule has 1 amide bonds. The van der Waals surface area contributed by atoms with Crippen LogP contribution in [0.2, 0.25) is 0 Å². The van der Waals surface area contributed by atoms with Crippen LogP contribution in [-0.2, 0) is 0 Å². The molecule has 0 aliphatic carbocycles. The average Bonchev–Trinajstić information content (AvgIpc) is 2.82. The molecule has 2 aliphatic heterocycles. The van der Waals surface area contributed by atoms with Crippen molar-refractivity contribution in [3.05, 3.63) is 58.7 Å². The molecule has 2 aromatic carbocycles. The summed E-state index contributed by atoms with van der Waals surface area (Å²) in [6.07, 6.45) is 1.02. The maximum Gasteiger partial charge on any atom is 0.254 e. The number of nitrogens with zero attached hydrogens (tertiary/aromatic N) is 3. The van der Waals surface area contributed by atoms with Crippen LogP contribution in [0.25, 0.3) is 0 Å². The van der Waals surface area contributed by atoms with Crippen molar-refractivity contribution in [1.82, 2.24) is 9.80 Å². The van der Waals surface area contributed by atoms with Gasteiger partial charge >= 0.3 is 0 Å². The molecule has 4 rings (SSSR count). The summed E-state index contributed by atoms with van der Waals surface area (Å²) in [6.45, 7) is 10.2. The van der Waals surface area contributed by atoms with Crippen LogP contribution in [0.5, 0.6) is 11.5 Å². The number of rotatable bonds is 6. The van der Waals surface area contributed by atoms with Crippen molar-refractivity contribution in [2.75, 3.05) is 34.4 Å². The summed E-state index contributed by atoms with van der Waals surface area (Å²) in [7, 11) is 5.51. The first-order valence-electron chi connectivity index (χ1n) is 12.2. The maximum absolute atomic E-state index is 13.1. The van der Waals surface area contributed by atoms with Gasteiger partial charge in [0.1, 0.15) is 0 Å². The van der Waals surface area contributed by atoms with Crippen molar-refractivity contribution in [1.29, 1.82) is 0 Å². The van der Waals surface area contributed by atoms with Crippen LogP contribution in [0.3, 0.4) is 0 Å². The quantitative estimate of drug-likeness (QED) is 0.559. The van der Waals surface area contributed by atoms with E-state index in [-0.39, 0.29) is 36.4 Å². The standard InChI is InChI=1S/C28H37N3O3.ClH/c1-17(2)31(18(3)4)28(32)20-10-8-19(9-11-20)27-22-15-26(34-7)25(33-6)14-21(22)23-16-30(5)13-12-24(23)29-27;/h8-11,14-15,17-18,23-24H,12-13,16H2,1-7H3;1H/t23-,24-;/m1./s1. The predicted octanol–water partition coefficient (Wildman–Crippen LogP) is 5.02. The number of hydrogen-bond donors (Lipinski definition) is 0. The fourth-order valence-corrected chi connectivity index (χ4v) is 5.42. The highest BCUT2D eigenvalue weighted by Crippen LogP contribution is 2.42. The zero-order valence-electron chi connectivity index (χ0n) is 21.9. The first kappa shape index (κ1) is 27.0. The number of halogens is 1. The number of carbonyl (C=O) groups is 1. The number of likely N-dealkylation sites (tertiary alicyclic amines) is 1. The molecule has 0 bridgehead atoms. The van der Waals surface area contributed by atoms with Crippen molar-refractivity contribution in [3.63, 3.8) is 0 Å². The van der Waals surface area contributed by atoms with Crippen LogP contribution >= 0.6 is 12.4 Å². The van der Waals surface area contributed by atoms with Gasteiger partial charge in [-0.3, -0.25) is 9.79 Å². The second kappa shape index (κ2) is 11.0. The number of hydrogen-bond acceptors (Lipinski definition) is 5. The third-order valence-corrected chi connectivity index (χ3v) is 7.04. The van der Waals surface area contributed by atoms with E-state index in [1.54, 1.807) is 14.2 Å². The Bertz CT molecular complexity index is 1070. The first-order chi connectivity index (χ1) is 16.2. The van der Waals surface area contributed by atoms with Crippen LogP contribution in [0.1, 0.15) is 67.1 Å². The highest BCUT2D eigenvalue weighted by molar-refractivity contribution is 6.15. The summed E-state index contributed by atoms with van der Waals surface area (Å²) in [5.74, 6) is 1.83. The molecule has 35 heavy (non-hydrogen) atoms. The summed E-state index contributed by atoms with van der Waals surface area (Å²) >= 11 is 0. The number of fused-ring (bicyclic) bond motifs is 3. The third kappa shape index (κ3) is 5.19. The third-order valence-electron chi connectivity index (χ3n) is 7.04. The minimum atomic E-state index is 0. The van der Waals surface area contributed by atoms with E-state index in [0.717, 1.165) is 42.1 Å². The van der Waals surface area contributed by atoms with Crippen molar-refractivity contribution in [2.45, 2.75) is 58.2 Å². The Morgan fingerprint density at radius 1 is 1.03 bits per heavy atom. The van der Waals surface area contributed by atoms with Gasteiger partial charge in [-0.25, -0.2) is 0 Å². The number of carbonyl (C=O) groups excluding carboxylic acids is 1. The molecule has 2 aromatic rings. The lowest BCUT2D eigenvalue weighted by Crippen LogP contribution is -2.42. The number of amides is 1. The maximum atomic E-state index is 13.1. The van der Waals surface area contributed by atoms with E-state index in [1.165, 1.54) is 5.56 Å². The van der Waals surface area contributed by atoms with E-state index in [2.05, 4.69) is 51.8 Å². The van der Waals surface area contributed by atoms with Crippen LogP contribution in [0.15, 0.2) is 41.4 Å². The molecule has 1 saturated heterocycles. The molecule has 190 valence electrons. The number of aliphatic imine (C=N–C) groups is 1. The molecule has 0 radical (unpaired) electrons. The molecular formula is C28H38ClN3O3. The number of likely N-dealkylation sites (N-methyl/N-ethyl adjacent to an activating group) is 1. The van der Waals surface area contributed by atoms with Crippen LogP contribution in [0.4, 0.5) is 0 Å². The summed E-state index contributed by atoms with van der Waals surface area (Å²) in [5, 5.41) is 0. The van der Waals surface area contributed by atoms with Crippen LogP contribution in [-0.4, -0.2) is 73.9 Å². The van der Waals surface area contributed by atoms with Gasteiger partial charge in [-0.05, 0) is 77.5 Å². The van der Waals surface area contributed by atoms with E-state index in [9.17, 15) is 4.79 Å². The van der Waals surface area contributed by atoms with E-state index >= 15 is 0 Å². The molecule has 0 N–H and O–H groups in total. The molecule has 0 unspecified atom stereocenters. The summed E-state index contributed by atoms with van der Waals surface area (Å²) in [5.41, 5.74) is 5.02. The lowest BCUT2D eigenvalue weighted by atomic mass is 9.79. The van der Waals surface area contributed by atoms with Crippen molar-refractivity contribution >= 4 is 24.0 Å². The predicted molar refractivity (Wildman–Crippen MR) is 144 cm³/mol. The van der Waals surface area contributed by atoms with Gasteiger partial charge in [-0.15, -0.1) is 12.4 Å². The molecule has 0 aromatic heterocycles. The molecule has 2 heterocycles. The Morgan fingerprint density at radius 3 is 2.20 bits per heavy atom. The number of piperidine rings is 1. The van der Waals surface area contributed by atoms with E-state index in [4.69, 9.17) is 14.5 Å². The second-order valence-corrected chi connectivity index (χ2v) is 9.97. The number of ether oxygens (including phenoxy) is 2. The Kier molecular flexibility index (Phi) is 8.50. The number of benzene rings is 2. The Labute approximate surface area is 215 Å². The molecule has 0 spiro atoms. The summed E-state index contributed by atoms with van der Waals surface area (Å²) in [4.78, 5) is 22.7. The lowest BCUT2D eigenvalue weighted by Gasteiger charge is -2.39. The minimum Gasteiger partial charge on any atom is -0.493 e. The average molecular weight is 500 g/mol. The van der Waals surface area contributed by atoms with E-state index in [1.807, 2.05) is 29.2 Å². The highest BCUT2D eigenvalue weighted by atomic mass is 35.5. The Morgan fingerprint density at radius 2 is 1.63 bits per heavy atom. The van der Waals surface area contributed by atoms with Gasteiger partial charge < -0.3 is 19.3 Å². The molecule has 6 nitrogen and oxygen atoms in total. The van der Waals surface area contributed by atoms with Gasteiger partial charge in [-0.2, -0.15) is 0 Å². The monoisotopic (exact) mass is 499 g/mol. The summed E-state index contributed by atoms with van der Waals surface area (Å²) < 4.78 is 11.3. The molecule has 7 heteroatoms. The van der Waals surface area contributed by atoms with Gasteiger partial charge in [0, 0.05) is 41.2 Å². The lowest BCUT2D eigenvalue weighted by molar-refractivity contribution is 0.0643. The fraction of sp³-hybridized carbons (Fsp3) is 0.500. The molecule has 0 saturated carbocycles. The van der Waals surface area contributed by atoms with Crippen molar-refractivity contribution < 1.29 is 14.3 Å². The van der Waals surface area contributed by atoms with E-state index in [0.29, 0.717) is 17.2 Å². The largest absolute Gasteiger partial charge is 0.493 e. The number of methoxy groups -OCH3 is 2. The molecule has 2 aliphatic rings. The van der Waals surface area contributed by atoms with Crippen LogP contribution < -0.4 is 9.47 Å². The molecule has 2 atom stereocenters. The van der Waals surface area contributed by atoms with Crippen molar-refractivity contribution in [2.24, 2.45) is 4.99 Å². The van der Waals surface area contributed by atoms with Gasteiger partial charge in [-0.1, -0.05) is 12.1 Å².